The van der Waals surface area contributed by atoms with Gasteiger partial charge in [-0.2, -0.15) is 5.26 Å². The fraction of sp³-hybridized carbons (Fsp3) is 0.154. The molecule has 20 heavy (non-hydrogen) atoms. The average Bonchev–Trinajstić information content (AvgIpc) is 2.91. The number of hydrogen-bond acceptors (Lipinski definition) is 5. The summed E-state index contributed by atoms with van der Waals surface area (Å²) in [7, 11) is -3.71. The highest BCUT2D eigenvalue weighted by Crippen LogP contribution is 2.28. The number of sulfonamides is 1. The first kappa shape index (κ1) is 14.4. The largest absolute Gasteiger partial charge is 0.492 e. The summed E-state index contributed by atoms with van der Waals surface area (Å²) in [6.07, 6.45) is 0. The van der Waals surface area contributed by atoms with Crippen molar-refractivity contribution in [2.75, 3.05) is 11.3 Å². The zero-order valence-electron chi connectivity index (χ0n) is 10.7. The predicted octanol–water partition coefficient (Wildman–Crippen LogP) is 2.82. The Bertz CT molecular complexity index is 745. The van der Waals surface area contributed by atoms with Crippen LogP contribution in [0.1, 0.15) is 11.8 Å². The van der Waals surface area contributed by atoms with Crippen molar-refractivity contribution < 1.29 is 13.2 Å². The lowest BCUT2D eigenvalue weighted by molar-refractivity contribution is 0.342. The number of nitriles is 1. The molecular weight excluding hydrogens is 296 g/mol. The predicted molar refractivity (Wildman–Crippen MR) is 77.5 cm³/mol. The van der Waals surface area contributed by atoms with E-state index in [9.17, 15) is 8.42 Å². The summed E-state index contributed by atoms with van der Waals surface area (Å²) < 4.78 is 32.4. The third-order valence-corrected chi connectivity index (χ3v) is 5.23. The van der Waals surface area contributed by atoms with E-state index in [4.69, 9.17) is 10.00 Å². The Labute approximate surface area is 121 Å². The zero-order chi connectivity index (χ0) is 14.6. The molecule has 0 aliphatic heterocycles. The Morgan fingerprint density at radius 3 is 2.70 bits per heavy atom. The number of hydrogen-bond donors (Lipinski definition) is 1. The van der Waals surface area contributed by atoms with Crippen molar-refractivity contribution in [3.63, 3.8) is 0 Å². The van der Waals surface area contributed by atoms with Gasteiger partial charge in [-0.1, -0.05) is 12.1 Å². The van der Waals surface area contributed by atoms with Gasteiger partial charge in [0.05, 0.1) is 12.3 Å². The summed E-state index contributed by atoms with van der Waals surface area (Å²) in [4.78, 5) is 0.350. The second kappa shape index (κ2) is 5.94. The van der Waals surface area contributed by atoms with Gasteiger partial charge in [-0.15, -0.1) is 11.3 Å². The molecule has 0 aliphatic rings. The van der Waals surface area contributed by atoms with Crippen molar-refractivity contribution in [1.29, 1.82) is 5.26 Å². The lowest BCUT2D eigenvalue weighted by Gasteiger charge is -2.11. The number of thiophene rings is 1. The molecule has 7 heteroatoms. The third-order valence-electron chi connectivity index (χ3n) is 2.39. The molecule has 0 bridgehead atoms. The van der Waals surface area contributed by atoms with E-state index in [2.05, 4.69) is 4.72 Å². The number of anilines is 1. The summed E-state index contributed by atoms with van der Waals surface area (Å²) in [5.74, 6) is 0.468. The lowest BCUT2D eigenvalue weighted by Crippen LogP contribution is -2.12. The maximum Gasteiger partial charge on any atom is 0.271 e. The molecule has 0 aliphatic carbocycles. The van der Waals surface area contributed by atoms with Crippen LogP contribution in [0.5, 0.6) is 5.75 Å². The summed E-state index contributed by atoms with van der Waals surface area (Å²) >= 11 is 0.926. The normalized spacial score (nSPS) is 10.8. The molecule has 1 aromatic heterocycles. The summed E-state index contributed by atoms with van der Waals surface area (Å²) in [6.45, 7) is 2.26. The standard InChI is InChI=1S/C13H12N2O3S2/c1-2-18-12-6-4-3-5-11(12)15-20(16,17)13-8-7-10(9-14)19-13/h3-8,15H,2H2,1H3. The highest BCUT2D eigenvalue weighted by molar-refractivity contribution is 7.94. The molecule has 0 radical (unpaired) electrons. The molecule has 2 aromatic rings. The Morgan fingerprint density at radius 1 is 1.30 bits per heavy atom. The van der Waals surface area contributed by atoms with Crippen LogP contribution in [0.3, 0.4) is 0 Å². The molecule has 0 atom stereocenters. The summed E-state index contributed by atoms with van der Waals surface area (Å²) in [5, 5.41) is 8.75. The summed E-state index contributed by atoms with van der Waals surface area (Å²) in [5.41, 5.74) is 0.376. The molecule has 0 saturated carbocycles. The van der Waals surface area contributed by atoms with Crippen LogP contribution < -0.4 is 9.46 Å². The number of para-hydroxylation sites is 2. The van der Waals surface area contributed by atoms with E-state index < -0.39 is 10.0 Å². The van der Waals surface area contributed by atoms with Crippen molar-refractivity contribution in [2.24, 2.45) is 0 Å². The van der Waals surface area contributed by atoms with E-state index in [1.165, 1.54) is 12.1 Å². The van der Waals surface area contributed by atoms with Crippen LogP contribution in [0, 0.1) is 11.3 Å². The van der Waals surface area contributed by atoms with Crippen LogP contribution in [0.2, 0.25) is 0 Å². The van der Waals surface area contributed by atoms with Gasteiger partial charge < -0.3 is 4.74 Å². The molecule has 104 valence electrons. The van der Waals surface area contributed by atoms with E-state index >= 15 is 0 Å². The highest BCUT2D eigenvalue weighted by atomic mass is 32.2. The van der Waals surface area contributed by atoms with Gasteiger partial charge in [0.15, 0.2) is 0 Å². The maximum absolute atomic E-state index is 12.2. The van der Waals surface area contributed by atoms with Gasteiger partial charge >= 0.3 is 0 Å². The highest BCUT2D eigenvalue weighted by Gasteiger charge is 2.18. The van der Waals surface area contributed by atoms with Gasteiger partial charge in [0, 0.05) is 0 Å². The third kappa shape index (κ3) is 3.10. The molecule has 1 aromatic carbocycles. The number of rotatable bonds is 5. The van der Waals surface area contributed by atoms with Gasteiger partial charge in [0.2, 0.25) is 0 Å². The first-order valence-electron chi connectivity index (χ1n) is 5.81. The Hall–Kier alpha value is -2.04. The van der Waals surface area contributed by atoms with E-state index in [0.29, 0.717) is 22.9 Å². The van der Waals surface area contributed by atoms with E-state index in [1.54, 1.807) is 24.3 Å². The van der Waals surface area contributed by atoms with Crippen LogP contribution >= 0.6 is 11.3 Å². The van der Waals surface area contributed by atoms with Gasteiger partial charge in [0.1, 0.15) is 20.9 Å². The fourth-order valence-corrected chi connectivity index (χ4v) is 3.73. The van der Waals surface area contributed by atoms with Crippen LogP contribution in [-0.2, 0) is 10.0 Å². The number of benzene rings is 1. The van der Waals surface area contributed by atoms with Crippen molar-refractivity contribution >= 4 is 27.0 Å². The van der Waals surface area contributed by atoms with Crippen molar-refractivity contribution in [2.45, 2.75) is 11.1 Å². The Morgan fingerprint density at radius 2 is 2.05 bits per heavy atom. The molecule has 0 unspecified atom stereocenters. The second-order valence-corrected chi connectivity index (χ2v) is 6.76. The number of nitrogens with zero attached hydrogens (tertiary/aromatic N) is 1. The van der Waals surface area contributed by atoms with Crippen LogP contribution in [0.15, 0.2) is 40.6 Å². The SMILES string of the molecule is CCOc1ccccc1NS(=O)(=O)c1ccc(C#N)s1. The first-order chi connectivity index (χ1) is 9.56. The Kier molecular flexibility index (Phi) is 4.27. The van der Waals surface area contributed by atoms with Crippen LogP contribution in [-0.4, -0.2) is 15.0 Å². The van der Waals surface area contributed by atoms with E-state index in [1.807, 2.05) is 13.0 Å². The van der Waals surface area contributed by atoms with Gasteiger partial charge in [-0.25, -0.2) is 8.42 Å². The summed E-state index contributed by atoms with van der Waals surface area (Å²) in [6, 6.07) is 11.6. The first-order valence-corrected chi connectivity index (χ1v) is 8.11. The second-order valence-electron chi connectivity index (χ2n) is 3.77. The van der Waals surface area contributed by atoms with Gasteiger partial charge in [-0.3, -0.25) is 4.72 Å². The quantitative estimate of drug-likeness (QED) is 0.921. The molecule has 5 nitrogen and oxygen atoms in total. The van der Waals surface area contributed by atoms with E-state index in [0.717, 1.165) is 11.3 Å². The average molecular weight is 308 g/mol. The topological polar surface area (TPSA) is 79.2 Å². The Balaban J connectivity index is 2.31. The minimum Gasteiger partial charge on any atom is -0.492 e. The smallest absolute Gasteiger partial charge is 0.271 e. The lowest BCUT2D eigenvalue weighted by atomic mass is 10.3. The van der Waals surface area contributed by atoms with Crippen LogP contribution in [0.4, 0.5) is 5.69 Å². The van der Waals surface area contributed by atoms with E-state index in [-0.39, 0.29) is 4.21 Å². The molecule has 1 heterocycles. The molecular formula is C13H12N2O3S2. The van der Waals surface area contributed by atoms with Crippen molar-refractivity contribution in [1.82, 2.24) is 0 Å². The fourth-order valence-electron chi connectivity index (χ4n) is 1.55. The molecule has 0 saturated heterocycles. The van der Waals surface area contributed by atoms with Gasteiger partial charge in [-0.05, 0) is 31.2 Å². The monoisotopic (exact) mass is 308 g/mol. The minimum absolute atomic E-state index is 0.0975. The molecule has 1 N–H and O–H groups in total. The van der Waals surface area contributed by atoms with Crippen LogP contribution in [0.25, 0.3) is 0 Å². The maximum atomic E-state index is 12.2. The minimum atomic E-state index is -3.71. The molecule has 2 rings (SSSR count). The van der Waals surface area contributed by atoms with Crippen molar-refractivity contribution in [3.05, 3.63) is 41.3 Å². The van der Waals surface area contributed by atoms with Crippen molar-refractivity contribution in [3.8, 4) is 11.8 Å². The molecule has 0 spiro atoms. The van der Waals surface area contributed by atoms with Gasteiger partial charge in [0.25, 0.3) is 10.0 Å². The number of nitrogens with one attached hydrogen (secondary N) is 1. The zero-order valence-corrected chi connectivity index (χ0v) is 12.3. The molecule has 0 amide bonds. The number of ether oxygens (including phenoxy) is 1. The molecule has 0 fully saturated rings.